The third-order valence-electron chi connectivity index (χ3n) is 8.14. The SMILES string of the molecule is Cc1ccc(C(=O)/C=C/c2ccc(OCCCCc3cn(CCOCCOc4ccc(-c5cc(=O)c6ccccc6o5)cc4)nn3)cc2)c(O)c1. The molecule has 51 heavy (non-hydrogen) atoms. The minimum Gasteiger partial charge on any atom is -0.507 e. The Kier molecular flexibility index (Phi) is 11.7. The number of phenolic OH excluding ortho intramolecular Hbond substituents is 1. The molecule has 0 atom stereocenters. The highest BCUT2D eigenvalue weighted by atomic mass is 16.5. The maximum absolute atomic E-state index is 12.4. The van der Waals surface area contributed by atoms with Gasteiger partial charge in [-0.25, -0.2) is 4.68 Å². The molecule has 0 bridgehead atoms. The quantitative estimate of drug-likeness (QED) is 0.0592. The van der Waals surface area contributed by atoms with Gasteiger partial charge in [0.05, 0.1) is 43.0 Å². The molecule has 2 heterocycles. The van der Waals surface area contributed by atoms with Gasteiger partial charge in [-0.15, -0.1) is 5.10 Å². The zero-order chi connectivity index (χ0) is 35.4. The summed E-state index contributed by atoms with van der Waals surface area (Å²) in [5, 5.41) is 19.0. The molecule has 0 saturated carbocycles. The van der Waals surface area contributed by atoms with E-state index in [0.717, 1.165) is 47.4 Å². The molecular weight excluding hydrogens is 646 g/mol. The van der Waals surface area contributed by atoms with Crippen LogP contribution in [0.1, 0.15) is 40.0 Å². The highest BCUT2D eigenvalue weighted by Crippen LogP contribution is 2.25. The van der Waals surface area contributed by atoms with Crippen molar-refractivity contribution in [3.8, 4) is 28.6 Å². The number of hydrogen-bond donors (Lipinski definition) is 1. The normalized spacial score (nSPS) is 11.3. The molecule has 0 radical (unpaired) electrons. The number of hydrogen-bond acceptors (Lipinski definition) is 9. The lowest BCUT2D eigenvalue weighted by Gasteiger charge is -2.08. The van der Waals surface area contributed by atoms with Crippen molar-refractivity contribution in [2.24, 2.45) is 0 Å². The largest absolute Gasteiger partial charge is 0.507 e. The molecule has 0 fully saturated rings. The van der Waals surface area contributed by atoms with Crippen molar-refractivity contribution in [1.82, 2.24) is 15.0 Å². The number of aromatic hydroxyl groups is 1. The highest BCUT2D eigenvalue weighted by Gasteiger charge is 2.09. The second-order valence-corrected chi connectivity index (χ2v) is 12.0. The number of ketones is 1. The van der Waals surface area contributed by atoms with E-state index in [1.165, 1.54) is 12.1 Å². The van der Waals surface area contributed by atoms with Crippen LogP contribution >= 0.6 is 0 Å². The number of phenols is 1. The summed E-state index contributed by atoms with van der Waals surface area (Å²) in [5.41, 5.74) is 4.25. The van der Waals surface area contributed by atoms with Crippen LogP contribution in [0, 0.1) is 6.92 Å². The van der Waals surface area contributed by atoms with E-state index in [2.05, 4.69) is 10.3 Å². The molecule has 2 aromatic heterocycles. The van der Waals surface area contributed by atoms with Crippen LogP contribution in [-0.2, 0) is 17.7 Å². The first-order valence-electron chi connectivity index (χ1n) is 16.9. The van der Waals surface area contributed by atoms with Crippen molar-refractivity contribution in [1.29, 1.82) is 0 Å². The molecule has 0 aliphatic carbocycles. The molecule has 0 aliphatic heterocycles. The minimum atomic E-state index is -0.250. The minimum absolute atomic E-state index is 0.0143. The van der Waals surface area contributed by atoms with Crippen molar-refractivity contribution < 1.29 is 28.5 Å². The Hall–Kier alpha value is -6.00. The third kappa shape index (κ3) is 9.80. The average molecular weight is 686 g/mol. The van der Waals surface area contributed by atoms with Crippen molar-refractivity contribution in [2.45, 2.75) is 32.7 Å². The summed E-state index contributed by atoms with van der Waals surface area (Å²) in [6.07, 6.45) is 7.71. The fourth-order valence-corrected chi connectivity index (χ4v) is 5.39. The zero-order valence-electron chi connectivity index (χ0n) is 28.4. The number of ether oxygens (including phenoxy) is 3. The molecule has 4 aromatic carbocycles. The lowest BCUT2D eigenvalue weighted by atomic mass is 10.1. The smallest absolute Gasteiger partial charge is 0.193 e. The van der Waals surface area contributed by atoms with E-state index in [4.69, 9.17) is 18.6 Å². The number of benzene rings is 4. The second-order valence-electron chi connectivity index (χ2n) is 12.0. The molecular formula is C41H39N3O7. The Morgan fingerprint density at radius 1 is 0.863 bits per heavy atom. The predicted molar refractivity (Wildman–Crippen MR) is 195 cm³/mol. The topological polar surface area (TPSA) is 126 Å². The lowest BCUT2D eigenvalue weighted by molar-refractivity contribution is 0.0923. The van der Waals surface area contributed by atoms with E-state index in [0.29, 0.717) is 55.5 Å². The van der Waals surface area contributed by atoms with Gasteiger partial charge in [0, 0.05) is 17.8 Å². The Bertz CT molecular complexity index is 2150. The summed E-state index contributed by atoms with van der Waals surface area (Å²) in [6, 6.07) is 28.7. The summed E-state index contributed by atoms with van der Waals surface area (Å²) >= 11 is 0. The van der Waals surface area contributed by atoms with E-state index in [1.54, 1.807) is 41.1 Å². The Labute approximate surface area is 295 Å². The molecule has 6 rings (SSSR count). The first-order chi connectivity index (χ1) is 24.9. The zero-order valence-corrected chi connectivity index (χ0v) is 28.4. The number of unbranched alkanes of at least 4 members (excludes halogenated alkanes) is 1. The van der Waals surface area contributed by atoms with Gasteiger partial charge in [-0.1, -0.05) is 41.6 Å². The van der Waals surface area contributed by atoms with Crippen LogP contribution in [0.4, 0.5) is 0 Å². The van der Waals surface area contributed by atoms with Crippen LogP contribution in [0.3, 0.4) is 0 Å². The predicted octanol–water partition coefficient (Wildman–Crippen LogP) is 7.46. The Balaban J connectivity index is 0.825. The van der Waals surface area contributed by atoms with Crippen molar-refractivity contribution in [2.75, 3.05) is 26.4 Å². The van der Waals surface area contributed by atoms with Gasteiger partial charge in [0.2, 0.25) is 0 Å². The first-order valence-corrected chi connectivity index (χ1v) is 16.9. The van der Waals surface area contributed by atoms with E-state index in [1.807, 2.05) is 73.8 Å². The lowest BCUT2D eigenvalue weighted by Crippen LogP contribution is -2.11. The number of carbonyl (C=O) groups excluding carboxylic acids is 1. The molecule has 0 amide bonds. The van der Waals surface area contributed by atoms with E-state index in [-0.39, 0.29) is 22.5 Å². The van der Waals surface area contributed by atoms with Crippen LogP contribution in [-0.4, -0.2) is 52.3 Å². The van der Waals surface area contributed by atoms with Gasteiger partial charge in [-0.3, -0.25) is 9.59 Å². The number of fused-ring (bicyclic) bond motifs is 1. The number of carbonyl (C=O) groups is 1. The van der Waals surface area contributed by atoms with Crippen LogP contribution in [0.2, 0.25) is 0 Å². The van der Waals surface area contributed by atoms with Crippen LogP contribution in [0.15, 0.2) is 119 Å². The number of rotatable bonds is 17. The van der Waals surface area contributed by atoms with Gasteiger partial charge in [-0.2, -0.15) is 0 Å². The highest BCUT2D eigenvalue weighted by molar-refractivity contribution is 6.08. The van der Waals surface area contributed by atoms with Gasteiger partial charge in [0.1, 0.15) is 35.2 Å². The van der Waals surface area contributed by atoms with Gasteiger partial charge in [-0.05, 0) is 104 Å². The van der Waals surface area contributed by atoms with Crippen LogP contribution < -0.4 is 14.9 Å². The molecule has 0 saturated heterocycles. The van der Waals surface area contributed by atoms with Gasteiger partial charge < -0.3 is 23.7 Å². The first kappa shape index (κ1) is 34.8. The number of nitrogens with zero attached hydrogens (tertiary/aromatic N) is 3. The number of aromatic nitrogens is 3. The van der Waals surface area contributed by atoms with Crippen molar-refractivity contribution in [3.63, 3.8) is 0 Å². The van der Waals surface area contributed by atoms with E-state index in [9.17, 15) is 14.7 Å². The van der Waals surface area contributed by atoms with Crippen molar-refractivity contribution in [3.05, 3.63) is 142 Å². The molecule has 260 valence electrons. The third-order valence-corrected chi connectivity index (χ3v) is 8.14. The fourth-order valence-electron chi connectivity index (χ4n) is 5.39. The van der Waals surface area contributed by atoms with Crippen molar-refractivity contribution >= 4 is 22.8 Å². The Morgan fingerprint density at radius 2 is 1.63 bits per heavy atom. The van der Waals surface area contributed by atoms with E-state index >= 15 is 0 Å². The average Bonchev–Trinajstić information content (AvgIpc) is 3.60. The second kappa shape index (κ2) is 17.1. The molecule has 6 aromatic rings. The summed E-state index contributed by atoms with van der Waals surface area (Å²) in [4.78, 5) is 24.8. The summed E-state index contributed by atoms with van der Waals surface area (Å²) in [5.74, 6) is 1.71. The van der Waals surface area contributed by atoms with Gasteiger partial charge in [0.25, 0.3) is 0 Å². The van der Waals surface area contributed by atoms with E-state index < -0.39 is 0 Å². The Morgan fingerprint density at radius 3 is 2.43 bits per heavy atom. The van der Waals surface area contributed by atoms with Crippen LogP contribution in [0.25, 0.3) is 28.4 Å². The maximum atomic E-state index is 12.4. The molecule has 0 aliphatic rings. The standard InChI is InChI=1S/C41H39N3O7/c1-29-9-19-35(38(46)26-29)37(45)20-12-30-10-15-33(16-11-30)49-22-5-4-6-32-28-44(43-42-32)21-23-48-24-25-50-34-17-13-31(14-18-34)41-27-39(47)36-7-2-3-8-40(36)51-41/h2-3,7-20,26-28,46H,4-6,21-25H2,1H3/b20-12+. The molecule has 10 nitrogen and oxygen atoms in total. The van der Waals surface area contributed by atoms with Gasteiger partial charge in [0.15, 0.2) is 11.2 Å². The monoisotopic (exact) mass is 685 g/mol. The maximum Gasteiger partial charge on any atom is 0.193 e. The molecule has 10 heteroatoms. The fraction of sp³-hybridized carbons (Fsp3) is 0.220. The summed E-state index contributed by atoms with van der Waals surface area (Å²) < 4.78 is 25.1. The number of para-hydroxylation sites is 1. The van der Waals surface area contributed by atoms with Gasteiger partial charge >= 0.3 is 0 Å². The summed E-state index contributed by atoms with van der Waals surface area (Å²) in [6.45, 7) is 4.35. The molecule has 1 N–H and O–H groups in total. The molecule has 0 spiro atoms. The number of allylic oxidation sites excluding steroid dienone is 1. The molecule has 0 unspecified atom stereocenters. The summed E-state index contributed by atoms with van der Waals surface area (Å²) in [7, 11) is 0. The number of aryl methyl sites for hydroxylation is 2. The van der Waals surface area contributed by atoms with Crippen LogP contribution in [0.5, 0.6) is 17.2 Å².